The van der Waals surface area contributed by atoms with Gasteiger partial charge in [0.25, 0.3) is 5.91 Å². The molecule has 1 aliphatic rings. The number of halogens is 1. The van der Waals surface area contributed by atoms with Crippen LogP contribution in [-0.4, -0.2) is 38.8 Å². The molecule has 2 aromatic carbocycles. The number of hydrogen-bond donors (Lipinski definition) is 1. The third kappa shape index (κ3) is 5.25. The fourth-order valence-electron chi connectivity index (χ4n) is 3.99. The minimum atomic E-state index is -3.83. The van der Waals surface area contributed by atoms with Crippen molar-refractivity contribution in [2.45, 2.75) is 38.6 Å². The Hall–Kier alpha value is -2.45. The normalized spacial score (nSPS) is 19.8. The molecule has 1 heterocycles. The van der Waals surface area contributed by atoms with Crippen molar-refractivity contribution in [1.29, 1.82) is 0 Å². The van der Waals surface area contributed by atoms with Crippen molar-refractivity contribution in [3.63, 3.8) is 0 Å². The lowest BCUT2D eigenvalue weighted by atomic mass is 9.94. The summed E-state index contributed by atoms with van der Waals surface area (Å²) in [5.74, 6) is -0.0742. The van der Waals surface area contributed by atoms with Crippen molar-refractivity contribution >= 4 is 15.9 Å². The van der Waals surface area contributed by atoms with E-state index in [-0.39, 0.29) is 40.4 Å². The molecular formula is C23H29FN2O4S. The Labute approximate surface area is 183 Å². The highest BCUT2D eigenvalue weighted by atomic mass is 32.2. The van der Waals surface area contributed by atoms with E-state index in [4.69, 9.17) is 4.74 Å². The molecule has 1 saturated heterocycles. The zero-order valence-corrected chi connectivity index (χ0v) is 19.1. The van der Waals surface area contributed by atoms with Gasteiger partial charge in [0, 0.05) is 25.2 Å². The van der Waals surface area contributed by atoms with Crippen molar-refractivity contribution in [2.75, 3.05) is 20.2 Å². The van der Waals surface area contributed by atoms with Crippen molar-refractivity contribution in [3.05, 3.63) is 58.9 Å². The molecule has 1 aliphatic heterocycles. The lowest BCUT2D eigenvalue weighted by Gasteiger charge is -2.34. The number of ether oxygens (including phenoxy) is 1. The Kier molecular flexibility index (Phi) is 7.01. The highest BCUT2D eigenvalue weighted by Crippen LogP contribution is 2.32. The molecular weight excluding hydrogens is 419 g/mol. The summed E-state index contributed by atoms with van der Waals surface area (Å²) < 4.78 is 47.2. The van der Waals surface area contributed by atoms with Crippen LogP contribution in [0.25, 0.3) is 0 Å². The average Bonchev–Trinajstić information content (AvgIpc) is 2.73. The number of aryl methyl sites for hydroxylation is 1. The smallest absolute Gasteiger partial charge is 0.251 e. The Balaban J connectivity index is 1.84. The summed E-state index contributed by atoms with van der Waals surface area (Å²) in [6.45, 7) is 6.74. The molecule has 0 bridgehead atoms. The van der Waals surface area contributed by atoms with Gasteiger partial charge in [-0.25, -0.2) is 12.8 Å². The molecule has 1 amide bonds. The monoisotopic (exact) mass is 448 g/mol. The summed E-state index contributed by atoms with van der Waals surface area (Å²) in [7, 11) is -2.42. The number of methoxy groups -OCH3 is 1. The quantitative estimate of drug-likeness (QED) is 0.731. The van der Waals surface area contributed by atoms with Crippen LogP contribution >= 0.6 is 0 Å². The number of rotatable bonds is 6. The number of hydrogen-bond acceptors (Lipinski definition) is 4. The van der Waals surface area contributed by atoms with Crippen LogP contribution in [0.4, 0.5) is 4.39 Å². The van der Waals surface area contributed by atoms with E-state index in [1.807, 2.05) is 13.8 Å². The fraction of sp³-hybridized carbons (Fsp3) is 0.435. The van der Waals surface area contributed by atoms with Crippen LogP contribution in [-0.2, 0) is 16.6 Å². The number of nitrogens with zero attached hydrogens (tertiary/aromatic N) is 1. The molecule has 0 aromatic heterocycles. The Morgan fingerprint density at radius 3 is 2.45 bits per heavy atom. The number of amides is 1. The van der Waals surface area contributed by atoms with Gasteiger partial charge in [0.1, 0.15) is 16.5 Å². The molecule has 2 unspecified atom stereocenters. The largest absolute Gasteiger partial charge is 0.495 e. The summed E-state index contributed by atoms with van der Waals surface area (Å²) >= 11 is 0. The van der Waals surface area contributed by atoms with Crippen LogP contribution in [0.2, 0.25) is 0 Å². The predicted molar refractivity (Wildman–Crippen MR) is 117 cm³/mol. The fourth-order valence-corrected chi connectivity index (χ4v) is 5.85. The zero-order chi connectivity index (χ0) is 22.8. The van der Waals surface area contributed by atoms with Gasteiger partial charge in [-0.15, -0.1) is 0 Å². The van der Waals surface area contributed by atoms with Gasteiger partial charge in [-0.3, -0.25) is 4.79 Å². The Morgan fingerprint density at radius 2 is 1.84 bits per heavy atom. The maximum Gasteiger partial charge on any atom is 0.251 e. The van der Waals surface area contributed by atoms with Crippen LogP contribution < -0.4 is 10.1 Å². The number of benzene rings is 2. The lowest BCUT2D eigenvalue weighted by Crippen LogP contribution is -2.42. The molecule has 2 aromatic rings. The Morgan fingerprint density at radius 1 is 1.16 bits per heavy atom. The maximum absolute atomic E-state index is 13.7. The van der Waals surface area contributed by atoms with Gasteiger partial charge in [-0.2, -0.15) is 4.31 Å². The van der Waals surface area contributed by atoms with Gasteiger partial charge in [0.05, 0.1) is 7.11 Å². The Bertz CT molecular complexity index is 1060. The summed E-state index contributed by atoms with van der Waals surface area (Å²) in [6, 6.07) is 9.12. The van der Waals surface area contributed by atoms with Gasteiger partial charge < -0.3 is 10.1 Å². The van der Waals surface area contributed by atoms with E-state index in [1.165, 1.54) is 35.7 Å². The standard InChI is InChI=1S/C23H29FN2O4S/c1-15-9-16(2)14-26(13-15)31(28,29)22-11-19(7-8-21(22)30-4)23(27)25-12-18-6-5-17(3)20(24)10-18/h5-8,10-11,15-16H,9,12-14H2,1-4H3,(H,25,27). The van der Waals surface area contributed by atoms with E-state index in [1.54, 1.807) is 19.1 Å². The SMILES string of the molecule is COc1ccc(C(=O)NCc2ccc(C)c(F)c2)cc1S(=O)(=O)N1CC(C)CC(C)C1. The first kappa shape index (κ1) is 23.2. The van der Waals surface area contributed by atoms with Crippen molar-refractivity contribution in [3.8, 4) is 5.75 Å². The molecule has 0 radical (unpaired) electrons. The van der Waals surface area contributed by atoms with Gasteiger partial charge in [0.2, 0.25) is 10.0 Å². The van der Waals surface area contributed by atoms with E-state index in [0.29, 0.717) is 24.2 Å². The van der Waals surface area contributed by atoms with Crippen molar-refractivity contribution in [2.24, 2.45) is 11.8 Å². The van der Waals surface area contributed by atoms with E-state index in [9.17, 15) is 17.6 Å². The van der Waals surface area contributed by atoms with E-state index >= 15 is 0 Å². The maximum atomic E-state index is 13.7. The first-order valence-corrected chi connectivity index (χ1v) is 11.8. The second-order valence-corrected chi connectivity index (χ2v) is 10.3. The van der Waals surface area contributed by atoms with Crippen molar-refractivity contribution < 1.29 is 22.3 Å². The van der Waals surface area contributed by atoms with Crippen LogP contribution in [0.1, 0.15) is 41.8 Å². The lowest BCUT2D eigenvalue weighted by molar-refractivity contribution is 0.0950. The van der Waals surface area contributed by atoms with E-state index < -0.39 is 15.9 Å². The molecule has 3 rings (SSSR count). The molecule has 6 nitrogen and oxygen atoms in total. The summed E-state index contributed by atoms with van der Waals surface area (Å²) in [5.41, 5.74) is 1.35. The van der Waals surface area contributed by atoms with E-state index in [0.717, 1.165) is 6.42 Å². The van der Waals surface area contributed by atoms with Crippen LogP contribution in [0, 0.1) is 24.6 Å². The minimum absolute atomic E-state index is 0.0228. The van der Waals surface area contributed by atoms with Gasteiger partial charge in [-0.1, -0.05) is 26.0 Å². The van der Waals surface area contributed by atoms with Gasteiger partial charge in [-0.05, 0) is 60.6 Å². The first-order valence-electron chi connectivity index (χ1n) is 10.3. The molecule has 8 heteroatoms. The molecule has 2 atom stereocenters. The second-order valence-electron chi connectivity index (χ2n) is 8.40. The number of nitrogens with one attached hydrogen (secondary N) is 1. The predicted octanol–water partition coefficient (Wildman–Crippen LogP) is 3.74. The molecule has 0 spiro atoms. The third-order valence-electron chi connectivity index (χ3n) is 5.57. The number of carbonyl (C=O) groups excluding carboxylic acids is 1. The van der Waals surface area contributed by atoms with Gasteiger partial charge in [0.15, 0.2) is 0 Å². The van der Waals surface area contributed by atoms with Crippen LogP contribution in [0.5, 0.6) is 5.75 Å². The number of piperidine rings is 1. The van der Waals surface area contributed by atoms with E-state index in [2.05, 4.69) is 5.32 Å². The van der Waals surface area contributed by atoms with Gasteiger partial charge >= 0.3 is 0 Å². The summed E-state index contributed by atoms with van der Waals surface area (Å²) in [4.78, 5) is 12.7. The molecule has 0 aliphatic carbocycles. The second kappa shape index (κ2) is 9.36. The molecule has 168 valence electrons. The average molecular weight is 449 g/mol. The molecule has 0 saturated carbocycles. The van der Waals surface area contributed by atoms with Crippen LogP contribution in [0.15, 0.2) is 41.3 Å². The molecule has 1 N–H and O–H groups in total. The minimum Gasteiger partial charge on any atom is -0.495 e. The third-order valence-corrected chi connectivity index (χ3v) is 7.42. The first-order chi connectivity index (χ1) is 14.6. The number of carbonyl (C=O) groups is 1. The molecule has 31 heavy (non-hydrogen) atoms. The topological polar surface area (TPSA) is 75.7 Å². The molecule has 1 fully saturated rings. The zero-order valence-electron chi connectivity index (χ0n) is 18.3. The highest BCUT2D eigenvalue weighted by molar-refractivity contribution is 7.89. The summed E-state index contributed by atoms with van der Waals surface area (Å²) in [5, 5.41) is 2.72. The number of sulfonamides is 1. The summed E-state index contributed by atoms with van der Waals surface area (Å²) in [6.07, 6.45) is 0.977. The van der Waals surface area contributed by atoms with Crippen molar-refractivity contribution in [1.82, 2.24) is 9.62 Å². The van der Waals surface area contributed by atoms with Crippen LogP contribution in [0.3, 0.4) is 0 Å². The highest BCUT2D eigenvalue weighted by Gasteiger charge is 2.34.